The minimum Gasteiger partial charge on any atom is -0.375 e. The molecule has 0 aromatic heterocycles. The van der Waals surface area contributed by atoms with Crippen molar-refractivity contribution in [2.75, 3.05) is 36.1 Å². The molecular formula is C42H45N2O2P. The van der Waals surface area contributed by atoms with Crippen LogP contribution in [0.25, 0.3) is 0 Å². The molecule has 2 atom stereocenters. The van der Waals surface area contributed by atoms with Gasteiger partial charge in [0.25, 0.3) is 0 Å². The minimum absolute atomic E-state index is 0.368. The number of hydrogen-bond donors (Lipinski definition) is 0. The summed E-state index contributed by atoms with van der Waals surface area (Å²) >= 11 is 0. The van der Waals surface area contributed by atoms with Gasteiger partial charge >= 0.3 is 0 Å². The van der Waals surface area contributed by atoms with Crippen molar-refractivity contribution < 1.29 is 9.47 Å². The Labute approximate surface area is 281 Å². The summed E-state index contributed by atoms with van der Waals surface area (Å²) in [6.07, 6.45) is 4.68. The SMILES string of the molecule is c1ccc(COC[C@@H]2CCCN2c2ccccc2P(c2ccccc2)c2ccccc2N2CCC[C@H]2COCc2ccccc2)cc1. The third-order valence-electron chi connectivity index (χ3n) is 9.48. The summed E-state index contributed by atoms with van der Waals surface area (Å²) < 4.78 is 12.7. The Bertz CT molecular complexity index is 1580. The van der Waals surface area contributed by atoms with Crippen molar-refractivity contribution in [1.82, 2.24) is 0 Å². The third-order valence-corrected chi connectivity index (χ3v) is 12.0. The van der Waals surface area contributed by atoms with E-state index in [2.05, 4.69) is 149 Å². The van der Waals surface area contributed by atoms with Crippen LogP contribution < -0.4 is 25.7 Å². The molecule has 47 heavy (non-hydrogen) atoms. The molecular weight excluding hydrogens is 595 g/mol. The highest BCUT2D eigenvalue weighted by Crippen LogP contribution is 2.42. The standard InChI is InChI=1S/C42H45N2O2P/c1-4-16-34(17-5-1)30-45-32-36-20-14-28-43(36)39-24-10-12-26-41(39)47(38-22-8-3-9-23-38)42-27-13-11-25-40(42)44-29-15-21-37(44)33-46-31-35-18-6-2-7-19-35/h1-13,16-19,22-27,36-37H,14-15,20-21,28-33H2/t36-,37-/m0/s1. The van der Waals surface area contributed by atoms with Crippen LogP contribution in [0.5, 0.6) is 0 Å². The molecule has 5 aromatic rings. The van der Waals surface area contributed by atoms with Gasteiger partial charge in [0.15, 0.2) is 0 Å². The van der Waals surface area contributed by atoms with Gasteiger partial charge in [-0.05, 0) is 62.2 Å². The molecule has 0 spiro atoms. The molecule has 0 unspecified atom stereocenters. The van der Waals surface area contributed by atoms with E-state index in [0.29, 0.717) is 25.3 Å². The second-order valence-corrected chi connectivity index (χ2v) is 14.8. The first kappa shape index (κ1) is 31.6. The van der Waals surface area contributed by atoms with Gasteiger partial charge in [0.1, 0.15) is 0 Å². The van der Waals surface area contributed by atoms with Crippen molar-refractivity contribution >= 4 is 35.2 Å². The minimum atomic E-state index is -0.821. The molecule has 5 heteroatoms. The smallest absolute Gasteiger partial charge is 0.0717 e. The first-order valence-corrected chi connectivity index (χ1v) is 18.5. The van der Waals surface area contributed by atoms with Gasteiger partial charge in [-0.1, -0.05) is 127 Å². The van der Waals surface area contributed by atoms with Gasteiger partial charge in [-0.3, -0.25) is 0 Å². The van der Waals surface area contributed by atoms with Gasteiger partial charge in [0.05, 0.1) is 38.5 Å². The summed E-state index contributed by atoms with van der Waals surface area (Å²) in [5, 5.41) is 4.23. The van der Waals surface area contributed by atoms with Crippen LogP contribution in [0.3, 0.4) is 0 Å². The van der Waals surface area contributed by atoms with Crippen LogP contribution in [-0.2, 0) is 22.7 Å². The average molecular weight is 641 g/mol. The number of rotatable bonds is 13. The quantitative estimate of drug-likeness (QED) is 0.123. The lowest BCUT2D eigenvalue weighted by Gasteiger charge is -2.34. The lowest BCUT2D eigenvalue weighted by Crippen LogP contribution is -2.39. The molecule has 0 bridgehead atoms. The van der Waals surface area contributed by atoms with Crippen LogP contribution in [0.15, 0.2) is 140 Å². The molecule has 7 rings (SSSR count). The van der Waals surface area contributed by atoms with E-state index in [-0.39, 0.29) is 0 Å². The molecule has 2 heterocycles. The van der Waals surface area contributed by atoms with E-state index in [1.165, 1.54) is 51.3 Å². The fourth-order valence-corrected chi connectivity index (χ4v) is 9.82. The third kappa shape index (κ3) is 7.63. The second-order valence-electron chi connectivity index (χ2n) is 12.6. The summed E-state index contributed by atoms with van der Waals surface area (Å²) in [7, 11) is -0.821. The Morgan fingerprint density at radius 1 is 0.489 bits per heavy atom. The number of nitrogens with zero attached hydrogens (tertiary/aromatic N) is 2. The Morgan fingerprint density at radius 2 is 0.894 bits per heavy atom. The molecule has 0 amide bonds. The molecule has 0 saturated carbocycles. The molecule has 2 aliphatic rings. The van der Waals surface area contributed by atoms with Crippen molar-refractivity contribution in [3.63, 3.8) is 0 Å². The maximum Gasteiger partial charge on any atom is 0.0717 e. The fraction of sp³-hybridized carbons (Fsp3) is 0.286. The van der Waals surface area contributed by atoms with Crippen LogP contribution in [0.1, 0.15) is 36.8 Å². The summed E-state index contributed by atoms with van der Waals surface area (Å²) in [6.45, 7) is 4.90. The average Bonchev–Trinajstić information content (AvgIpc) is 3.80. The van der Waals surface area contributed by atoms with Crippen molar-refractivity contribution in [3.05, 3.63) is 151 Å². The van der Waals surface area contributed by atoms with Crippen LogP contribution in [0.2, 0.25) is 0 Å². The number of hydrogen-bond acceptors (Lipinski definition) is 4. The zero-order valence-electron chi connectivity index (χ0n) is 27.2. The first-order chi connectivity index (χ1) is 23.3. The monoisotopic (exact) mass is 640 g/mol. The van der Waals surface area contributed by atoms with E-state index in [0.717, 1.165) is 39.1 Å². The van der Waals surface area contributed by atoms with E-state index < -0.39 is 7.92 Å². The van der Waals surface area contributed by atoms with Gasteiger partial charge in [0.2, 0.25) is 0 Å². The molecule has 0 radical (unpaired) electrons. The highest BCUT2D eigenvalue weighted by Gasteiger charge is 2.33. The summed E-state index contributed by atoms with van der Waals surface area (Å²) in [5.74, 6) is 0. The molecule has 2 fully saturated rings. The highest BCUT2D eigenvalue weighted by molar-refractivity contribution is 7.80. The van der Waals surface area contributed by atoms with Gasteiger partial charge in [-0.25, -0.2) is 0 Å². The van der Waals surface area contributed by atoms with Crippen molar-refractivity contribution in [2.24, 2.45) is 0 Å². The zero-order chi connectivity index (χ0) is 31.7. The van der Waals surface area contributed by atoms with Gasteiger partial charge < -0.3 is 19.3 Å². The van der Waals surface area contributed by atoms with E-state index in [9.17, 15) is 0 Å². The van der Waals surface area contributed by atoms with Crippen LogP contribution >= 0.6 is 7.92 Å². The predicted molar refractivity (Wildman–Crippen MR) is 198 cm³/mol. The Balaban J connectivity index is 1.18. The Hall–Kier alpha value is -3.95. The summed E-state index contributed by atoms with van der Waals surface area (Å²) in [6, 6.07) is 51.3. The molecule has 5 aromatic carbocycles. The largest absolute Gasteiger partial charge is 0.375 e. The topological polar surface area (TPSA) is 24.9 Å². The van der Waals surface area contributed by atoms with Gasteiger partial charge in [-0.15, -0.1) is 0 Å². The lowest BCUT2D eigenvalue weighted by atomic mass is 10.2. The fourth-order valence-electron chi connectivity index (χ4n) is 7.20. The van der Waals surface area contributed by atoms with Crippen LogP contribution in [0, 0.1) is 0 Å². The van der Waals surface area contributed by atoms with Gasteiger partial charge in [-0.2, -0.15) is 0 Å². The zero-order valence-corrected chi connectivity index (χ0v) is 28.1. The first-order valence-electron chi connectivity index (χ1n) is 17.1. The van der Waals surface area contributed by atoms with Gasteiger partial charge in [0, 0.05) is 35.1 Å². The predicted octanol–water partition coefficient (Wildman–Crippen LogP) is 7.82. The van der Waals surface area contributed by atoms with E-state index in [4.69, 9.17) is 9.47 Å². The Kier molecular flexibility index (Phi) is 10.6. The maximum absolute atomic E-state index is 6.33. The van der Waals surface area contributed by atoms with Crippen LogP contribution in [-0.4, -0.2) is 38.4 Å². The van der Waals surface area contributed by atoms with E-state index >= 15 is 0 Å². The van der Waals surface area contributed by atoms with Crippen molar-refractivity contribution in [3.8, 4) is 0 Å². The Morgan fingerprint density at radius 3 is 1.36 bits per heavy atom. The normalized spacial score (nSPS) is 17.9. The number of para-hydroxylation sites is 2. The number of anilines is 2. The molecule has 240 valence electrons. The highest BCUT2D eigenvalue weighted by atomic mass is 31.1. The summed E-state index contributed by atoms with van der Waals surface area (Å²) in [4.78, 5) is 5.27. The van der Waals surface area contributed by atoms with E-state index in [1.807, 2.05) is 0 Å². The molecule has 4 nitrogen and oxygen atoms in total. The second kappa shape index (κ2) is 15.8. The van der Waals surface area contributed by atoms with E-state index in [1.54, 1.807) is 0 Å². The summed E-state index contributed by atoms with van der Waals surface area (Å²) in [5.41, 5.74) is 5.17. The van der Waals surface area contributed by atoms with Crippen molar-refractivity contribution in [1.29, 1.82) is 0 Å². The number of benzene rings is 5. The van der Waals surface area contributed by atoms with Crippen molar-refractivity contribution in [2.45, 2.75) is 51.0 Å². The van der Waals surface area contributed by atoms with Crippen LogP contribution in [0.4, 0.5) is 11.4 Å². The lowest BCUT2D eigenvalue weighted by molar-refractivity contribution is 0.108. The molecule has 0 aliphatic carbocycles. The molecule has 2 aliphatic heterocycles. The maximum atomic E-state index is 6.33. The molecule has 0 N–H and O–H groups in total. The molecule has 2 saturated heterocycles. The number of ether oxygens (including phenoxy) is 2.